The first kappa shape index (κ1) is 19.1. The number of benzene rings is 2. The van der Waals surface area contributed by atoms with Crippen molar-refractivity contribution >= 4 is 23.4 Å². The molecule has 0 unspecified atom stereocenters. The summed E-state index contributed by atoms with van der Waals surface area (Å²) in [5.41, 5.74) is 3.49. The summed E-state index contributed by atoms with van der Waals surface area (Å²) in [6.07, 6.45) is 1.63. The Morgan fingerprint density at radius 2 is 1.96 bits per heavy atom. The zero-order valence-corrected chi connectivity index (χ0v) is 16.3. The molecule has 1 amide bonds. The second kappa shape index (κ2) is 8.35. The van der Waals surface area contributed by atoms with E-state index in [1.165, 1.54) is 29.5 Å². The summed E-state index contributed by atoms with van der Waals surface area (Å²) in [6.45, 7) is 6.05. The minimum absolute atomic E-state index is 0.180. The molecule has 0 saturated heterocycles. The Labute approximate surface area is 162 Å². The fourth-order valence-electron chi connectivity index (χ4n) is 2.60. The third-order valence-electron chi connectivity index (χ3n) is 4.15. The van der Waals surface area contributed by atoms with E-state index in [4.69, 9.17) is 0 Å². The number of hydrogen-bond donors (Lipinski definition) is 1. The van der Waals surface area contributed by atoms with E-state index in [-0.39, 0.29) is 17.5 Å². The first-order chi connectivity index (χ1) is 12.9. The smallest absolute Gasteiger partial charge is 0.234 e. The van der Waals surface area contributed by atoms with Crippen molar-refractivity contribution in [2.24, 2.45) is 0 Å². The Kier molecular flexibility index (Phi) is 5.91. The van der Waals surface area contributed by atoms with Gasteiger partial charge in [-0.2, -0.15) is 0 Å². The monoisotopic (exact) mass is 384 g/mol. The standard InChI is InChI=1S/C20H21FN4OS/c1-13(2)15-4-7-17(8-5-15)25-12-22-24-20(25)27-11-19(26)23-18-9-6-16(21)10-14(18)3/h4-10,12-13H,11H2,1-3H3,(H,23,26). The van der Waals surface area contributed by atoms with Crippen LogP contribution in [0.15, 0.2) is 53.9 Å². The van der Waals surface area contributed by atoms with Gasteiger partial charge in [-0.05, 0) is 54.3 Å². The average molecular weight is 384 g/mol. The lowest BCUT2D eigenvalue weighted by Crippen LogP contribution is -2.15. The molecule has 0 atom stereocenters. The number of carbonyl (C=O) groups is 1. The molecule has 7 heteroatoms. The minimum Gasteiger partial charge on any atom is -0.325 e. The van der Waals surface area contributed by atoms with Crippen molar-refractivity contribution in [1.82, 2.24) is 14.8 Å². The Morgan fingerprint density at radius 3 is 2.63 bits per heavy atom. The van der Waals surface area contributed by atoms with Crippen LogP contribution in [-0.4, -0.2) is 26.4 Å². The first-order valence-corrected chi connectivity index (χ1v) is 9.62. The highest BCUT2D eigenvalue weighted by Gasteiger charge is 2.12. The molecule has 0 saturated carbocycles. The largest absolute Gasteiger partial charge is 0.325 e. The van der Waals surface area contributed by atoms with Crippen LogP contribution in [0.2, 0.25) is 0 Å². The van der Waals surface area contributed by atoms with Gasteiger partial charge in [-0.25, -0.2) is 4.39 Å². The molecular weight excluding hydrogens is 363 g/mol. The number of nitrogens with one attached hydrogen (secondary N) is 1. The van der Waals surface area contributed by atoms with Crippen LogP contribution in [0.1, 0.15) is 30.9 Å². The highest BCUT2D eigenvalue weighted by atomic mass is 32.2. The van der Waals surface area contributed by atoms with Crippen molar-refractivity contribution in [2.45, 2.75) is 31.8 Å². The van der Waals surface area contributed by atoms with Gasteiger partial charge >= 0.3 is 0 Å². The van der Waals surface area contributed by atoms with E-state index < -0.39 is 0 Å². The third kappa shape index (κ3) is 4.74. The van der Waals surface area contributed by atoms with Gasteiger partial charge in [0.15, 0.2) is 5.16 Å². The molecule has 2 aromatic carbocycles. The fourth-order valence-corrected chi connectivity index (χ4v) is 3.33. The fraction of sp³-hybridized carbons (Fsp3) is 0.250. The quantitative estimate of drug-likeness (QED) is 0.633. The van der Waals surface area contributed by atoms with Crippen molar-refractivity contribution in [3.63, 3.8) is 0 Å². The Hall–Kier alpha value is -2.67. The predicted octanol–water partition coefficient (Wildman–Crippen LogP) is 4.57. The number of nitrogens with zero attached hydrogens (tertiary/aromatic N) is 3. The number of rotatable bonds is 6. The summed E-state index contributed by atoms with van der Waals surface area (Å²) in [5.74, 6) is 0.142. The van der Waals surface area contributed by atoms with Crippen LogP contribution < -0.4 is 5.32 Å². The zero-order chi connectivity index (χ0) is 19.4. The molecule has 1 heterocycles. The summed E-state index contributed by atoms with van der Waals surface area (Å²) >= 11 is 1.30. The molecule has 140 valence electrons. The van der Waals surface area contributed by atoms with Crippen LogP contribution in [0.4, 0.5) is 10.1 Å². The zero-order valence-electron chi connectivity index (χ0n) is 15.4. The van der Waals surface area contributed by atoms with Crippen LogP contribution in [0.3, 0.4) is 0 Å². The van der Waals surface area contributed by atoms with Gasteiger partial charge in [0.25, 0.3) is 0 Å². The Bertz CT molecular complexity index is 937. The lowest BCUT2D eigenvalue weighted by atomic mass is 10.0. The maximum atomic E-state index is 13.2. The average Bonchev–Trinajstić information content (AvgIpc) is 3.11. The van der Waals surface area contributed by atoms with E-state index in [0.717, 1.165) is 5.69 Å². The topological polar surface area (TPSA) is 59.8 Å². The van der Waals surface area contributed by atoms with Crippen molar-refractivity contribution in [3.05, 3.63) is 65.7 Å². The molecule has 3 rings (SSSR count). The molecule has 1 N–H and O–H groups in total. The molecule has 0 aliphatic heterocycles. The maximum Gasteiger partial charge on any atom is 0.234 e. The van der Waals surface area contributed by atoms with Gasteiger partial charge in [0, 0.05) is 11.4 Å². The molecule has 3 aromatic rings. The van der Waals surface area contributed by atoms with E-state index in [1.807, 2.05) is 16.7 Å². The van der Waals surface area contributed by atoms with Gasteiger partial charge in [0.1, 0.15) is 12.1 Å². The number of anilines is 1. The Morgan fingerprint density at radius 1 is 1.22 bits per heavy atom. The Balaban J connectivity index is 1.65. The van der Waals surface area contributed by atoms with Crippen LogP contribution in [0.5, 0.6) is 0 Å². The first-order valence-electron chi connectivity index (χ1n) is 8.63. The molecule has 5 nitrogen and oxygen atoms in total. The number of hydrogen-bond acceptors (Lipinski definition) is 4. The molecule has 0 fully saturated rings. The highest BCUT2D eigenvalue weighted by molar-refractivity contribution is 7.99. The van der Waals surface area contributed by atoms with Gasteiger partial charge in [0.05, 0.1) is 5.75 Å². The van der Waals surface area contributed by atoms with E-state index in [1.54, 1.807) is 19.3 Å². The second-order valence-electron chi connectivity index (χ2n) is 6.53. The van der Waals surface area contributed by atoms with Gasteiger partial charge in [-0.1, -0.05) is 37.7 Å². The summed E-state index contributed by atoms with van der Waals surface area (Å²) in [6, 6.07) is 12.5. The minimum atomic E-state index is -0.323. The normalized spacial score (nSPS) is 11.0. The van der Waals surface area contributed by atoms with E-state index in [9.17, 15) is 9.18 Å². The van der Waals surface area contributed by atoms with Crippen LogP contribution in [0.25, 0.3) is 5.69 Å². The number of carbonyl (C=O) groups excluding carboxylic acids is 1. The second-order valence-corrected chi connectivity index (χ2v) is 7.47. The molecule has 27 heavy (non-hydrogen) atoms. The van der Waals surface area contributed by atoms with Crippen LogP contribution >= 0.6 is 11.8 Å². The van der Waals surface area contributed by atoms with E-state index >= 15 is 0 Å². The van der Waals surface area contributed by atoms with Crippen molar-refractivity contribution in [2.75, 3.05) is 11.1 Å². The van der Waals surface area contributed by atoms with Crippen LogP contribution in [-0.2, 0) is 4.79 Å². The maximum absolute atomic E-state index is 13.2. The number of aromatic nitrogens is 3. The van der Waals surface area contributed by atoms with Gasteiger partial charge in [-0.3, -0.25) is 9.36 Å². The highest BCUT2D eigenvalue weighted by Crippen LogP contribution is 2.22. The van der Waals surface area contributed by atoms with Gasteiger partial charge in [-0.15, -0.1) is 10.2 Å². The number of amides is 1. The van der Waals surface area contributed by atoms with Crippen molar-refractivity contribution in [3.8, 4) is 5.69 Å². The SMILES string of the molecule is Cc1cc(F)ccc1NC(=O)CSc1nncn1-c1ccc(C(C)C)cc1. The van der Waals surface area contributed by atoms with Gasteiger partial charge < -0.3 is 5.32 Å². The summed E-state index contributed by atoms with van der Waals surface area (Å²) < 4.78 is 15.0. The predicted molar refractivity (Wildman–Crippen MR) is 106 cm³/mol. The molecule has 0 radical (unpaired) electrons. The van der Waals surface area contributed by atoms with Crippen LogP contribution in [0, 0.1) is 12.7 Å². The number of aryl methyl sites for hydroxylation is 1. The van der Waals surface area contributed by atoms with E-state index in [0.29, 0.717) is 22.3 Å². The molecule has 0 aliphatic rings. The van der Waals surface area contributed by atoms with Crippen molar-refractivity contribution < 1.29 is 9.18 Å². The molecular formula is C20H21FN4OS. The van der Waals surface area contributed by atoms with Gasteiger partial charge in [0.2, 0.25) is 5.91 Å². The summed E-state index contributed by atoms with van der Waals surface area (Å²) in [7, 11) is 0. The third-order valence-corrected chi connectivity index (χ3v) is 5.09. The number of thioether (sulfide) groups is 1. The molecule has 0 bridgehead atoms. The summed E-state index contributed by atoms with van der Waals surface area (Å²) in [4.78, 5) is 12.2. The summed E-state index contributed by atoms with van der Waals surface area (Å²) in [5, 5.41) is 11.5. The number of halogens is 1. The molecule has 0 aliphatic carbocycles. The lowest BCUT2D eigenvalue weighted by Gasteiger charge is -2.10. The molecule has 0 spiro atoms. The van der Waals surface area contributed by atoms with E-state index in [2.05, 4.69) is 41.5 Å². The lowest BCUT2D eigenvalue weighted by molar-refractivity contribution is -0.113. The molecule has 1 aromatic heterocycles. The van der Waals surface area contributed by atoms with Crippen molar-refractivity contribution in [1.29, 1.82) is 0 Å².